The van der Waals surface area contributed by atoms with E-state index in [9.17, 15) is 0 Å². The van der Waals surface area contributed by atoms with Crippen molar-refractivity contribution in [2.75, 3.05) is 19.0 Å². The second-order valence-corrected chi connectivity index (χ2v) is 7.04. The Labute approximate surface area is 153 Å². The van der Waals surface area contributed by atoms with Crippen LogP contribution in [-0.2, 0) is 0 Å². The molecule has 0 heterocycles. The van der Waals surface area contributed by atoms with E-state index in [1.165, 1.54) is 4.90 Å². The summed E-state index contributed by atoms with van der Waals surface area (Å²) < 4.78 is 11.4. The van der Waals surface area contributed by atoms with E-state index >= 15 is 0 Å². The van der Waals surface area contributed by atoms with Gasteiger partial charge in [-0.1, -0.05) is 25.1 Å². The van der Waals surface area contributed by atoms with Gasteiger partial charge >= 0.3 is 0 Å². The lowest BCUT2D eigenvalue weighted by atomic mass is 10.2. The summed E-state index contributed by atoms with van der Waals surface area (Å²) in [4.78, 5) is 1.21. The van der Waals surface area contributed by atoms with Crippen LogP contribution in [0.5, 0.6) is 11.5 Å². The summed E-state index contributed by atoms with van der Waals surface area (Å²) in [5.74, 6) is 2.59. The first-order valence-corrected chi connectivity index (χ1v) is 9.36. The third-order valence-electron chi connectivity index (χ3n) is 3.31. The Hall–Kier alpha value is -1.58. The Morgan fingerprint density at radius 1 is 1.12 bits per heavy atom. The number of aryl methyl sites for hydroxylation is 1. The average Bonchev–Trinajstić information content (AvgIpc) is 2.58. The van der Waals surface area contributed by atoms with Crippen LogP contribution in [0.15, 0.2) is 59.5 Å². The molecule has 0 aromatic heterocycles. The fraction of sp³-hybridized carbons (Fsp3) is 0.300. The van der Waals surface area contributed by atoms with Crippen LogP contribution in [0.25, 0.3) is 0 Å². The van der Waals surface area contributed by atoms with Gasteiger partial charge < -0.3 is 9.47 Å². The van der Waals surface area contributed by atoms with Crippen LogP contribution in [-0.4, -0.2) is 19.0 Å². The zero-order valence-corrected chi connectivity index (χ0v) is 15.8. The predicted octanol–water partition coefficient (Wildman–Crippen LogP) is 6.16. The molecule has 0 bridgehead atoms. The average molecular weight is 363 g/mol. The molecule has 2 aromatic carbocycles. The van der Waals surface area contributed by atoms with Crippen LogP contribution in [0.3, 0.4) is 0 Å². The summed E-state index contributed by atoms with van der Waals surface area (Å²) in [5, 5.41) is 0.707. The number of benzene rings is 2. The summed E-state index contributed by atoms with van der Waals surface area (Å²) in [5.41, 5.74) is 2.20. The molecule has 0 radical (unpaired) electrons. The molecule has 0 spiro atoms. The van der Waals surface area contributed by atoms with Crippen molar-refractivity contribution in [3.8, 4) is 11.5 Å². The highest BCUT2D eigenvalue weighted by Gasteiger charge is 2.04. The van der Waals surface area contributed by atoms with E-state index in [1.807, 2.05) is 30.3 Å². The molecule has 0 aliphatic heterocycles. The smallest absolute Gasteiger partial charge is 0.122 e. The zero-order valence-electron chi connectivity index (χ0n) is 14.2. The number of ether oxygens (including phenoxy) is 2. The quantitative estimate of drug-likeness (QED) is 0.393. The van der Waals surface area contributed by atoms with E-state index in [1.54, 1.807) is 11.8 Å². The van der Waals surface area contributed by atoms with Crippen molar-refractivity contribution in [3.05, 3.63) is 65.2 Å². The van der Waals surface area contributed by atoms with Crippen LogP contribution in [0.4, 0.5) is 0 Å². The fourth-order valence-electron chi connectivity index (χ4n) is 2.03. The maximum atomic E-state index is 5.86. The molecule has 2 rings (SSSR count). The molecule has 0 fully saturated rings. The molecule has 0 atom stereocenters. The molecule has 0 aliphatic carbocycles. The molecular formula is C20H23ClO2S. The second kappa shape index (κ2) is 9.65. The fourth-order valence-corrected chi connectivity index (χ4v) is 3.03. The maximum absolute atomic E-state index is 5.86. The molecular weight excluding hydrogens is 340 g/mol. The van der Waals surface area contributed by atoms with Crippen molar-refractivity contribution in [2.45, 2.75) is 25.2 Å². The second-order valence-electron chi connectivity index (χ2n) is 5.56. The predicted molar refractivity (Wildman–Crippen MR) is 104 cm³/mol. The Balaban J connectivity index is 1.78. The van der Waals surface area contributed by atoms with Crippen molar-refractivity contribution in [1.82, 2.24) is 0 Å². The summed E-state index contributed by atoms with van der Waals surface area (Å²) in [7, 11) is 0. The van der Waals surface area contributed by atoms with Crippen LogP contribution in [0.1, 0.15) is 18.9 Å². The molecule has 0 aliphatic rings. The lowest BCUT2D eigenvalue weighted by Crippen LogP contribution is -2.02. The minimum absolute atomic E-state index is 0.505. The summed E-state index contributed by atoms with van der Waals surface area (Å²) >= 11 is 7.62. The van der Waals surface area contributed by atoms with Gasteiger partial charge in [-0.15, -0.1) is 11.8 Å². The maximum Gasteiger partial charge on any atom is 0.122 e. The van der Waals surface area contributed by atoms with Gasteiger partial charge in [-0.05, 0) is 66.9 Å². The highest BCUT2D eigenvalue weighted by atomic mass is 35.5. The first-order chi connectivity index (χ1) is 11.6. The first-order valence-electron chi connectivity index (χ1n) is 7.99. The third kappa shape index (κ3) is 6.14. The first kappa shape index (κ1) is 18.8. The normalized spacial score (nSPS) is 10.5. The van der Waals surface area contributed by atoms with Gasteiger partial charge in [-0.2, -0.15) is 0 Å². The van der Waals surface area contributed by atoms with Crippen molar-refractivity contribution in [2.24, 2.45) is 0 Å². The van der Waals surface area contributed by atoms with Crippen LogP contribution in [0, 0.1) is 6.92 Å². The molecule has 2 aromatic rings. The van der Waals surface area contributed by atoms with E-state index in [0.29, 0.717) is 11.6 Å². The highest BCUT2D eigenvalue weighted by molar-refractivity contribution is 7.99. The number of rotatable bonds is 9. The Morgan fingerprint density at radius 3 is 2.54 bits per heavy atom. The number of hydrogen-bond donors (Lipinski definition) is 0. The third-order valence-corrected chi connectivity index (χ3v) is 4.70. The van der Waals surface area contributed by atoms with Gasteiger partial charge in [0.25, 0.3) is 0 Å². The molecule has 24 heavy (non-hydrogen) atoms. The summed E-state index contributed by atoms with van der Waals surface area (Å²) in [6, 6.07) is 13.7. The zero-order chi connectivity index (χ0) is 17.4. The van der Waals surface area contributed by atoms with E-state index in [0.717, 1.165) is 41.4 Å². The topological polar surface area (TPSA) is 18.5 Å². The van der Waals surface area contributed by atoms with Gasteiger partial charge in [0.1, 0.15) is 18.1 Å². The van der Waals surface area contributed by atoms with E-state index in [-0.39, 0.29) is 0 Å². The van der Waals surface area contributed by atoms with Gasteiger partial charge in [0.15, 0.2) is 0 Å². The monoisotopic (exact) mass is 362 g/mol. The highest BCUT2D eigenvalue weighted by Crippen LogP contribution is 2.27. The van der Waals surface area contributed by atoms with Gasteiger partial charge in [0.05, 0.1) is 6.61 Å². The number of thioether (sulfide) groups is 1. The van der Waals surface area contributed by atoms with Crippen molar-refractivity contribution < 1.29 is 9.47 Å². The minimum atomic E-state index is 0.505. The van der Waals surface area contributed by atoms with Crippen LogP contribution in [0.2, 0.25) is 5.02 Å². The van der Waals surface area contributed by atoms with E-state index in [4.69, 9.17) is 21.1 Å². The van der Waals surface area contributed by atoms with Gasteiger partial charge in [0.2, 0.25) is 0 Å². The van der Waals surface area contributed by atoms with E-state index < -0.39 is 0 Å². The lowest BCUT2D eigenvalue weighted by molar-refractivity contribution is 0.315. The SMILES string of the molecule is C=C(COc1ccc(Cl)cc1)CSc1ccc(OCCC)c(C)c1. The van der Waals surface area contributed by atoms with Gasteiger partial charge in [0, 0.05) is 15.7 Å². The molecule has 0 saturated heterocycles. The number of halogens is 1. The Morgan fingerprint density at radius 2 is 1.88 bits per heavy atom. The number of hydrogen-bond acceptors (Lipinski definition) is 3. The Bertz CT molecular complexity index is 668. The van der Waals surface area contributed by atoms with Crippen LogP contribution < -0.4 is 9.47 Å². The largest absolute Gasteiger partial charge is 0.493 e. The molecule has 0 N–H and O–H groups in total. The summed E-state index contributed by atoms with van der Waals surface area (Å²) in [6.45, 7) is 9.53. The Kier molecular flexibility index (Phi) is 7.54. The van der Waals surface area contributed by atoms with E-state index in [2.05, 4.69) is 32.6 Å². The van der Waals surface area contributed by atoms with Crippen molar-refractivity contribution in [1.29, 1.82) is 0 Å². The molecule has 0 saturated carbocycles. The summed E-state index contributed by atoms with van der Waals surface area (Å²) in [6.07, 6.45) is 1.02. The van der Waals surface area contributed by atoms with Gasteiger partial charge in [-0.3, -0.25) is 0 Å². The van der Waals surface area contributed by atoms with Crippen molar-refractivity contribution >= 4 is 23.4 Å². The van der Waals surface area contributed by atoms with Crippen molar-refractivity contribution in [3.63, 3.8) is 0 Å². The standard InChI is InChI=1S/C20H23ClO2S/c1-4-11-22-20-10-9-19(12-16(20)3)24-14-15(2)13-23-18-7-5-17(21)6-8-18/h5-10,12H,2,4,11,13-14H2,1,3H3. The molecule has 128 valence electrons. The van der Waals surface area contributed by atoms with Crippen LogP contribution >= 0.6 is 23.4 Å². The molecule has 4 heteroatoms. The van der Waals surface area contributed by atoms with Gasteiger partial charge in [-0.25, -0.2) is 0 Å². The lowest BCUT2D eigenvalue weighted by Gasteiger charge is -2.11. The molecule has 0 unspecified atom stereocenters. The minimum Gasteiger partial charge on any atom is -0.493 e. The molecule has 0 amide bonds. The molecule has 2 nitrogen and oxygen atoms in total.